The van der Waals surface area contributed by atoms with Crippen LogP contribution in [0.2, 0.25) is 0 Å². The third-order valence-corrected chi connectivity index (χ3v) is 4.67. The molecule has 26 heavy (non-hydrogen) atoms. The van der Waals surface area contributed by atoms with Crippen molar-refractivity contribution in [2.45, 2.75) is 45.4 Å². The highest BCUT2D eigenvalue weighted by atomic mass is 32.2. The molecule has 0 aromatic heterocycles. The first kappa shape index (κ1) is 22.3. The second-order valence-corrected chi connectivity index (χ2v) is 8.09. The summed E-state index contributed by atoms with van der Waals surface area (Å²) in [5.41, 5.74) is 1.00. The van der Waals surface area contributed by atoms with Crippen LogP contribution >= 0.6 is 11.8 Å². The van der Waals surface area contributed by atoms with Crippen LogP contribution in [0.25, 0.3) is 6.08 Å². The minimum atomic E-state index is -0.318. The van der Waals surface area contributed by atoms with Gasteiger partial charge in [0.05, 0.1) is 0 Å². The van der Waals surface area contributed by atoms with Gasteiger partial charge in [-0.05, 0) is 54.7 Å². The summed E-state index contributed by atoms with van der Waals surface area (Å²) in [6, 6.07) is 7.83. The Bertz CT molecular complexity index is 579. The monoisotopic (exact) mass is 376 g/mol. The van der Waals surface area contributed by atoms with Gasteiger partial charge in [0.1, 0.15) is 5.57 Å². The smallest absolute Gasteiger partial charge is 0.256 e. The highest BCUT2D eigenvalue weighted by Crippen LogP contribution is 2.16. The Kier molecular flexibility index (Phi) is 10.1. The van der Waals surface area contributed by atoms with Crippen LogP contribution in [0.1, 0.15) is 46.1 Å². The largest absolute Gasteiger partial charge is 0.352 e. The van der Waals surface area contributed by atoms with E-state index in [4.69, 9.17) is 0 Å². The predicted molar refractivity (Wildman–Crippen MR) is 111 cm³/mol. The fourth-order valence-electron chi connectivity index (χ4n) is 2.24. The van der Waals surface area contributed by atoms with Crippen LogP contribution in [0.3, 0.4) is 0 Å². The lowest BCUT2D eigenvalue weighted by Crippen LogP contribution is -2.36. The Morgan fingerprint density at radius 3 is 1.77 bits per heavy atom. The van der Waals surface area contributed by atoms with Crippen LogP contribution < -0.4 is 10.6 Å². The highest BCUT2D eigenvalue weighted by molar-refractivity contribution is 7.98. The van der Waals surface area contributed by atoms with Crippen molar-refractivity contribution < 1.29 is 9.59 Å². The van der Waals surface area contributed by atoms with E-state index >= 15 is 0 Å². The lowest BCUT2D eigenvalue weighted by atomic mass is 10.1. The van der Waals surface area contributed by atoms with E-state index in [-0.39, 0.29) is 17.4 Å². The first-order valence-electron chi connectivity index (χ1n) is 9.25. The molecule has 0 saturated carbocycles. The maximum atomic E-state index is 12.5. The van der Waals surface area contributed by atoms with E-state index in [2.05, 4.69) is 38.3 Å². The molecule has 0 spiro atoms. The molecule has 2 N–H and O–H groups in total. The second-order valence-electron chi connectivity index (χ2n) is 7.21. The van der Waals surface area contributed by atoms with Gasteiger partial charge in [0.15, 0.2) is 0 Å². The van der Waals surface area contributed by atoms with Gasteiger partial charge < -0.3 is 10.6 Å². The molecule has 0 unspecified atom stereocenters. The van der Waals surface area contributed by atoms with Crippen molar-refractivity contribution in [3.05, 3.63) is 35.4 Å². The topological polar surface area (TPSA) is 58.2 Å². The van der Waals surface area contributed by atoms with E-state index in [0.29, 0.717) is 24.9 Å². The zero-order valence-electron chi connectivity index (χ0n) is 16.6. The van der Waals surface area contributed by atoms with E-state index in [0.717, 1.165) is 23.3 Å². The van der Waals surface area contributed by atoms with Crippen LogP contribution in [0.15, 0.2) is 34.7 Å². The average Bonchev–Trinajstić information content (AvgIpc) is 2.59. The third-order valence-electron chi connectivity index (χ3n) is 3.93. The van der Waals surface area contributed by atoms with E-state index in [1.807, 2.05) is 30.5 Å². The van der Waals surface area contributed by atoms with Gasteiger partial charge in [-0.15, -0.1) is 11.8 Å². The Labute approximate surface area is 162 Å². The fourth-order valence-corrected chi connectivity index (χ4v) is 2.65. The zero-order chi connectivity index (χ0) is 19.5. The van der Waals surface area contributed by atoms with Crippen LogP contribution in [-0.2, 0) is 9.59 Å². The first-order valence-corrected chi connectivity index (χ1v) is 10.5. The Morgan fingerprint density at radius 2 is 1.38 bits per heavy atom. The number of thioether (sulfide) groups is 1. The number of hydrogen-bond acceptors (Lipinski definition) is 3. The van der Waals surface area contributed by atoms with Gasteiger partial charge in [-0.3, -0.25) is 9.59 Å². The van der Waals surface area contributed by atoms with Crippen LogP contribution in [-0.4, -0.2) is 31.2 Å². The summed E-state index contributed by atoms with van der Waals surface area (Å²) < 4.78 is 0. The zero-order valence-corrected chi connectivity index (χ0v) is 17.4. The molecule has 4 nitrogen and oxygen atoms in total. The Balaban J connectivity index is 2.89. The summed E-state index contributed by atoms with van der Waals surface area (Å²) in [7, 11) is 0. The second kappa shape index (κ2) is 11.8. The molecule has 0 atom stereocenters. The lowest BCUT2D eigenvalue weighted by Gasteiger charge is -2.12. The van der Waals surface area contributed by atoms with Crippen LogP contribution in [0, 0.1) is 11.8 Å². The Morgan fingerprint density at radius 1 is 0.923 bits per heavy atom. The fraction of sp³-hybridized carbons (Fsp3) is 0.524. The average molecular weight is 377 g/mol. The molecular formula is C21H32N2O2S. The van der Waals surface area contributed by atoms with E-state index in [9.17, 15) is 9.59 Å². The molecule has 1 aromatic rings. The van der Waals surface area contributed by atoms with Gasteiger partial charge in [0.25, 0.3) is 11.8 Å². The van der Waals surface area contributed by atoms with Gasteiger partial charge in [0.2, 0.25) is 0 Å². The van der Waals surface area contributed by atoms with Gasteiger partial charge >= 0.3 is 0 Å². The number of hydrogen-bond donors (Lipinski definition) is 2. The predicted octanol–water partition coefficient (Wildman–Crippen LogP) is 4.12. The molecule has 1 rings (SSSR count). The third kappa shape index (κ3) is 8.56. The molecule has 0 aliphatic heterocycles. The molecule has 144 valence electrons. The van der Waals surface area contributed by atoms with E-state index in [1.165, 1.54) is 0 Å². The summed E-state index contributed by atoms with van der Waals surface area (Å²) >= 11 is 1.66. The summed E-state index contributed by atoms with van der Waals surface area (Å²) in [6.45, 7) is 9.56. The van der Waals surface area contributed by atoms with Crippen molar-refractivity contribution in [2.24, 2.45) is 11.8 Å². The summed E-state index contributed by atoms with van der Waals surface area (Å²) in [5.74, 6) is 0.367. The molecule has 0 saturated heterocycles. The molecular weight excluding hydrogens is 344 g/mol. The minimum absolute atomic E-state index is 0.161. The quantitative estimate of drug-likeness (QED) is 0.279. The maximum absolute atomic E-state index is 12.5. The number of rotatable bonds is 10. The lowest BCUT2D eigenvalue weighted by molar-refractivity contribution is -0.123. The molecule has 0 radical (unpaired) electrons. The highest BCUT2D eigenvalue weighted by Gasteiger charge is 2.18. The number of amides is 2. The molecule has 0 bridgehead atoms. The molecule has 0 heterocycles. The molecule has 0 aliphatic carbocycles. The molecule has 0 aliphatic rings. The van der Waals surface area contributed by atoms with Crippen molar-refractivity contribution in [3.63, 3.8) is 0 Å². The van der Waals surface area contributed by atoms with Gasteiger partial charge in [-0.2, -0.15) is 0 Å². The molecule has 5 heteroatoms. The molecule has 1 aromatic carbocycles. The summed E-state index contributed by atoms with van der Waals surface area (Å²) in [4.78, 5) is 26.2. The Hall–Kier alpha value is -1.75. The van der Waals surface area contributed by atoms with Gasteiger partial charge in [-0.1, -0.05) is 39.8 Å². The number of benzene rings is 1. The van der Waals surface area contributed by atoms with Gasteiger partial charge in [0, 0.05) is 18.0 Å². The molecule has 2 amide bonds. The first-order chi connectivity index (χ1) is 12.3. The van der Waals surface area contributed by atoms with Crippen molar-refractivity contribution in [2.75, 3.05) is 19.3 Å². The van der Waals surface area contributed by atoms with E-state index < -0.39 is 0 Å². The summed E-state index contributed by atoms with van der Waals surface area (Å²) in [6.07, 6.45) is 5.45. The van der Waals surface area contributed by atoms with Crippen molar-refractivity contribution in [3.8, 4) is 0 Å². The maximum Gasteiger partial charge on any atom is 0.256 e. The number of carbonyl (C=O) groups is 2. The van der Waals surface area contributed by atoms with Crippen molar-refractivity contribution in [1.82, 2.24) is 10.6 Å². The van der Waals surface area contributed by atoms with Crippen molar-refractivity contribution in [1.29, 1.82) is 0 Å². The van der Waals surface area contributed by atoms with Crippen LogP contribution in [0.5, 0.6) is 0 Å². The summed E-state index contributed by atoms with van der Waals surface area (Å²) in [5, 5.41) is 5.73. The van der Waals surface area contributed by atoms with Gasteiger partial charge in [-0.25, -0.2) is 0 Å². The number of nitrogens with one attached hydrogen (secondary N) is 2. The SMILES string of the molecule is CSc1ccc(C=C(C(=O)NCCC(C)C)C(=O)NCCC(C)C)cc1. The normalized spacial score (nSPS) is 10.7. The standard InChI is InChI=1S/C21H32N2O2S/c1-15(2)10-12-22-20(24)19(21(25)23-13-11-16(3)4)14-17-6-8-18(26-5)9-7-17/h6-9,14-16H,10-13H2,1-5H3,(H,22,24)(H,23,25). The number of carbonyl (C=O) groups excluding carboxylic acids is 2. The molecule has 0 fully saturated rings. The minimum Gasteiger partial charge on any atom is -0.352 e. The van der Waals surface area contributed by atoms with E-state index in [1.54, 1.807) is 17.8 Å². The van der Waals surface area contributed by atoms with Crippen LogP contribution in [0.4, 0.5) is 0 Å². The van der Waals surface area contributed by atoms with Crippen molar-refractivity contribution >= 4 is 29.7 Å².